The molecule has 0 aliphatic rings. The molecule has 0 aliphatic carbocycles. The maximum absolute atomic E-state index is 7.26. The SMILES string of the molecule is CCc1ccccc1-c1ccccc1.N#CC#N. The minimum Gasteiger partial charge on any atom is -0.181 e. The summed E-state index contributed by atoms with van der Waals surface area (Å²) < 4.78 is 0. The third-order valence-corrected chi connectivity index (χ3v) is 2.53. The molecular weight excluding hydrogens is 220 g/mol. The van der Waals surface area contributed by atoms with Crippen LogP contribution in [0, 0.1) is 22.7 Å². The van der Waals surface area contributed by atoms with E-state index in [1.807, 2.05) is 0 Å². The largest absolute Gasteiger partial charge is 0.181 e. The number of rotatable bonds is 2. The zero-order chi connectivity index (χ0) is 13.2. The molecule has 18 heavy (non-hydrogen) atoms. The Hall–Kier alpha value is -2.58. The van der Waals surface area contributed by atoms with E-state index in [1.165, 1.54) is 28.8 Å². The Bertz CT molecular complexity index is 548. The Kier molecular flexibility index (Phi) is 5.73. The summed E-state index contributed by atoms with van der Waals surface area (Å²) in [6, 6.07) is 21.6. The molecule has 0 aromatic heterocycles. The summed E-state index contributed by atoms with van der Waals surface area (Å²) >= 11 is 0. The molecule has 0 N–H and O–H groups in total. The summed E-state index contributed by atoms with van der Waals surface area (Å²) in [5, 5.41) is 14.5. The van der Waals surface area contributed by atoms with Gasteiger partial charge in [0.15, 0.2) is 12.1 Å². The van der Waals surface area contributed by atoms with Crippen LogP contribution in [-0.2, 0) is 6.42 Å². The van der Waals surface area contributed by atoms with Crippen molar-refractivity contribution in [2.24, 2.45) is 0 Å². The van der Waals surface area contributed by atoms with Gasteiger partial charge in [0.2, 0.25) is 0 Å². The molecular formula is C16H14N2. The van der Waals surface area contributed by atoms with E-state index in [1.54, 1.807) is 0 Å². The average molecular weight is 234 g/mol. The number of nitrogens with zero attached hydrogens (tertiary/aromatic N) is 2. The molecule has 2 nitrogen and oxygen atoms in total. The second-order valence-corrected chi connectivity index (χ2v) is 3.60. The van der Waals surface area contributed by atoms with Gasteiger partial charge in [-0.1, -0.05) is 61.5 Å². The molecule has 0 heterocycles. The van der Waals surface area contributed by atoms with Gasteiger partial charge in [0.1, 0.15) is 0 Å². The normalized spacial score (nSPS) is 8.39. The lowest BCUT2D eigenvalue weighted by molar-refractivity contribution is 1.14. The smallest absolute Gasteiger partial charge is 0.181 e. The average Bonchev–Trinajstić information content (AvgIpc) is 2.48. The highest BCUT2D eigenvalue weighted by Crippen LogP contribution is 2.23. The van der Waals surface area contributed by atoms with Crippen LogP contribution in [0.4, 0.5) is 0 Å². The molecule has 0 atom stereocenters. The van der Waals surface area contributed by atoms with Crippen molar-refractivity contribution in [1.29, 1.82) is 10.5 Å². The molecule has 0 saturated carbocycles. The second-order valence-electron chi connectivity index (χ2n) is 3.60. The molecule has 0 aliphatic heterocycles. The van der Waals surface area contributed by atoms with Crippen LogP contribution in [-0.4, -0.2) is 0 Å². The highest BCUT2D eigenvalue weighted by molar-refractivity contribution is 5.67. The highest BCUT2D eigenvalue weighted by Gasteiger charge is 2.00. The van der Waals surface area contributed by atoms with E-state index in [-0.39, 0.29) is 0 Å². The van der Waals surface area contributed by atoms with E-state index < -0.39 is 0 Å². The van der Waals surface area contributed by atoms with E-state index in [9.17, 15) is 0 Å². The molecule has 0 spiro atoms. The van der Waals surface area contributed by atoms with Crippen LogP contribution in [0.5, 0.6) is 0 Å². The second kappa shape index (κ2) is 7.65. The van der Waals surface area contributed by atoms with Crippen molar-refractivity contribution < 1.29 is 0 Å². The monoisotopic (exact) mass is 234 g/mol. The van der Waals surface area contributed by atoms with E-state index in [0.29, 0.717) is 0 Å². The molecule has 2 aromatic carbocycles. The van der Waals surface area contributed by atoms with E-state index in [4.69, 9.17) is 10.5 Å². The lowest BCUT2D eigenvalue weighted by Gasteiger charge is -2.06. The molecule has 2 aromatic rings. The van der Waals surface area contributed by atoms with Gasteiger partial charge in [0.25, 0.3) is 0 Å². The first-order valence-electron chi connectivity index (χ1n) is 5.75. The van der Waals surface area contributed by atoms with Crippen molar-refractivity contribution in [3.63, 3.8) is 0 Å². The fraction of sp³-hybridized carbons (Fsp3) is 0.125. The van der Waals surface area contributed by atoms with Crippen molar-refractivity contribution >= 4 is 0 Å². The molecule has 88 valence electrons. The fourth-order valence-electron chi connectivity index (χ4n) is 1.73. The van der Waals surface area contributed by atoms with Gasteiger partial charge in [-0.25, -0.2) is 0 Å². The van der Waals surface area contributed by atoms with Gasteiger partial charge in [-0.15, -0.1) is 0 Å². The Balaban J connectivity index is 0.000000357. The Morgan fingerprint density at radius 1 is 0.833 bits per heavy atom. The first-order valence-corrected chi connectivity index (χ1v) is 5.75. The van der Waals surface area contributed by atoms with Crippen LogP contribution in [0.3, 0.4) is 0 Å². The minimum absolute atomic E-state index is 1.09. The van der Waals surface area contributed by atoms with Crippen molar-refractivity contribution in [3.8, 4) is 23.3 Å². The summed E-state index contributed by atoms with van der Waals surface area (Å²) in [6.07, 6.45) is 1.09. The standard InChI is InChI=1S/C14H14.C2N2/c1-2-12-8-6-7-11-14(12)13-9-4-3-5-10-13;3-1-2-4/h3-11H,2H2,1H3;. The number of nitriles is 2. The van der Waals surface area contributed by atoms with Crippen LogP contribution >= 0.6 is 0 Å². The molecule has 0 fully saturated rings. The predicted molar refractivity (Wildman–Crippen MR) is 72.5 cm³/mol. The molecule has 0 radical (unpaired) electrons. The molecule has 2 heteroatoms. The molecule has 0 saturated heterocycles. The summed E-state index contributed by atoms with van der Waals surface area (Å²) in [5.74, 6) is 0. The van der Waals surface area contributed by atoms with E-state index in [2.05, 4.69) is 61.5 Å². The molecule has 0 bridgehead atoms. The van der Waals surface area contributed by atoms with Crippen LogP contribution in [0.15, 0.2) is 54.6 Å². The van der Waals surface area contributed by atoms with Gasteiger partial charge in [0.05, 0.1) is 0 Å². The molecule has 0 unspecified atom stereocenters. The first kappa shape index (κ1) is 13.5. The fourth-order valence-corrected chi connectivity index (χ4v) is 1.73. The van der Waals surface area contributed by atoms with Gasteiger partial charge < -0.3 is 0 Å². The van der Waals surface area contributed by atoms with Gasteiger partial charge in [0, 0.05) is 0 Å². The summed E-state index contributed by atoms with van der Waals surface area (Å²) in [7, 11) is 0. The third-order valence-electron chi connectivity index (χ3n) is 2.53. The van der Waals surface area contributed by atoms with E-state index in [0.717, 1.165) is 6.42 Å². The molecule has 0 amide bonds. The van der Waals surface area contributed by atoms with Crippen LogP contribution in [0.2, 0.25) is 0 Å². The Morgan fingerprint density at radius 3 is 1.94 bits per heavy atom. The highest BCUT2D eigenvalue weighted by atomic mass is 14.3. The van der Waals surface area contributed by atoms with Crippen molar-refractivity contribution in [2.45, 2.75) is 13.3 Å². The summed E-state index contributed by atoms with van der Waals surface area (Å²) in [5.41, 5.74) is 4.08. The number of aryl methyl sites for hydroxylation is 1. The molecule has 2 rings (SSSR count). The topological polar surface area (TPSA) is 47.6 Å². The lowest BCUT2D eigenvalue weighted by atomic mass is 9.98. The van der Waals surface area contributed by atoms with Gasteiger partial charge in [-0.05, 0) is 23.1 Å². The van der Waals surface area contributed by atoms with Crippen molar-refractivity contribution in [2.75, 3.05) is 0 Å². The number of benzene rings is 2. The Labute approximate surface area is 108 Å². The Morgan fingerprint density at radius 2 is 1.39 bits per heavy atom. The van der Waals surface area contributed by atoms with Gasteiger partial charge in [-0.3, -0.25) is 0 Å². The lowest BCUT2D eigenvalue weighted by Crippen LogP contribution is -1.85. The van der Waals surface area contributed by atoms with Crippen LogP contribution in [0.25, 0.3) is 11.1 Å². The zero-order valence-corrected chi connectivity index (χ0v) is 10.3. The summed E-state index contributed by atoms with van der Waals surface area (Å²) in [4.78, 5) is 0. The van der Waals surface area contributed by atoms with Crippen molar-refractivity contribution in [3.05, 3.63) is 60.2 Å². The number of hydrogen-bond acceptors (Lipinski definition) is 2. The van der Waals surface area contributed by atoms with E-state index >= 15 is 0 Å². The maximum Gasteiger partial charge on any atom is 0.181 e. The van der Waals surface area contributed by atoms with Gasteiger partial charge in [-0.2, -0.15) is 10.5 Å². The summed E-state index contributed by atoms with van der Waals surface area (Å²) in [6.45, 7) is 2.20. The van der Waals surface area contributed by atoms with Gasteiger partial charge >= 0.3 is 0 Å². The zero-order valence-electron chi connectivity index (χ0n) is 10.3. The third kappa shape index (κ3) is 3.77. The predicted octanol–water partition coefficient (Wildman–Crippen LogP) is 3.95. The minimum atomic E-state index is 1.09. The maximum atomic E-state index is 7.26. The van der Waals surface area contributed by atoms with Crippen LogP contribution < -0.4 is 0 Å². The van der Waals surface area contributed by atoms with Crippen molar-refractivity contribution in [1.82, 2.24) is 0 Å². The first-order chi connectivity index (χ1) is 8.83. The number of hydrogen-bond donors (Lipinski definition) is 0. The quantitative estimate of drug-likeness (QED) is 0.789. The van der Waals surface area contributed by atoms with Crippen LogP contribution in [0.1, 0.15) is 12.5 Å².